The van der Waals surface area contributed by atoms with E-state index in [2.05, 4.69) is 32.5 Å². The fourth-order valence-electron chi connectivity index (χ4n) is 3.81. The number of amides is 2. The second-order valence-electron chi connectivity index (χ2n) is 8.87. The molecule has 1 heterocycles. The topological polar surface area (TPSA) is 116 Å². The lowest BCUT2D eigenvalue weighted by Crippen LogP contribution is -2.20. The Morgan fingerprint density at radius 2 is 1.84 bits per heavy atom. The molecule has 4 N–H and O–H groups in total. The van der Waals surface area contributed by atoms with Crippen molar-refractivity contribution in [2.75, 3.05) is 10.6 Å². The number of hydrogen-bond donors (Lipinski definition) is 4. The van der Waals surface area contributed by atoms with E-state index in [0.717, 1.165) is 16.7 Å². The molecular formula is C30H29N5O3. The average Bonchev–Trinajstić information content (AvgIpc) is 2.93. The molecule has 1 atom stereocenters. The van der Waals surface area contributed by atoms with Crippen LogP contribution < -0.4 is 16.0 Å². The van der Waals surface area contributed by atoms with Gasteiger partial charge in [0.25, 0.3) is 5.91 Å². The van der Waals surface area contributed by atoms with Crippen LogP contribution in [-0.2, 0) is 11.3 Å². The van der Waals surface area contributed by atoms with Crippen LogP contribution in [0.1, 0.15) is 40.0 Å². The molecular weight excluding hydrogens is 478 g/mol. The lowest BCUT2D eigenvalue weighted by Gasteiger charge is -2.17. The molecule has 0 saturated carbocycles. The fraction of sp³-hybridized carbons (Fsp3) is 0.133. The van der Waals surface area contributed by atoms with Gasteiger partial charge in [-0.2, -0.15) is 0 Å². The summed E-state index contributed by atoms with van der Waals surface area (Å²) in [6.07, 6.45) is 4.44. The van der Waals surface area contributed by atoms with Crippen molar-refractivity contribution in [3.8, 4) is 17.0 Å². The number of phenolic OH excluding ortho intramolecular Hbond substituents is 1. The van der Waals surface area contributed by atoms with E-state index in [9.17, 15) is 14.7 Å². The number of phenols is 1. The molecule has 0 aliphatic rings. The minimum Gasteiger partial charge on any atom is -0.508 e. The Hall–Kier alpha value is -4.98. The van der Waals surface area contributed by atoms with Crippen LogP contribution in [0.3, 0.4) is 0 Å². The maximum absolute atomic E-state index is 12.6. The van der Waals surface area contributed by atoms with Gasteiger partial charge in [0, 0.05) is 28.9 Å². The quantitative estimate of drug-likeness (QED) is 0.226. The molecule has 8 heteroatoms. The second kappa shape index (κ2) is 11.8. The number of aryl methyl sites for hydroxylation is 1. The van der Waals surface area contributed by atoms with Crippen molar-refractivity contribution >= 4 is 23.3 Å². The summed E-state index contributed by atoms with van der Waals surface area (Å²) in [5, 5.41) is 19.1. The number of carbonyl (C=O) groups excluding carboxylic acids is 2. The third-order valence-corrected chi connectivity index (χ3v) is 5.97. The van der Waals surface area contributed by atoms with Gasteiger partial charge in [-0.05, 0) is 68.0 Å². The molecule has 4 rings (SSSR count). The molecule has 192 valence electrons. The molecule has 0 saturated heterocycles. The molecule has 3 aromatic carbocycles. The summed E-state index contributed by atoms with van der Waals surface area (Å²) in [7, 11) is 0. The number of rotatable bonds is 9. The first-order valence-corrected chi connectivity index (χ1v) is 12.1. The van der Waals surface area contributed by atoms with E-state index < -0.39 is 0 Å². The van der Waals surface area contributed by atoms with Crippen LogP contribution in [0.25, 0.3) is 11.3 Å². The number of aromatic hydroxyl groups is 1. The highest BCUT2D eigenvalue weighted by Crippen LogP contribution is 2.26. The van der Waals surface area contributed by atoms with Gasteiger partial charge < -0.3 is 21.1 Å². The highest BCUT2D eigenvalue weighted by Gasteiger charge is 2.12. The normalized spacial score (nSPS) is 11.3. The zero-order valence-electron chi connectivity index (χ0n) is 21.2. The van der Waals surface area contributed by atoms with Crippen molar-refractivity contribution in [3.63, 3.8) is 0 Å². The molecule has 0 bridgehead atoms. The van der Waals surface area contributed by atoms with Crippen LogP contribution in [0.5, 0.6) is 5.75 Å². The van der Waals surface area contributed by atoms with E-state index in [4.69, 9.17) is 0 Å². The van der Waals surface area contributed by atoms with Gasteiger partial charge in [0.15, 0.2) is 0 Å². The maximum Gasteiger partial charge on any atom is 0.255 e. The third-order valence-electron chi connectivity index (χ3n) is 5.97. The molecule has 0 aliphatic heterocycles. The van der Waals surface area contributed by atoms with Gasteiger partial charge in [0.05, 0.1) is 24.1 Å². The van der Waals surface area contributed by atoms with Gasteiger partial charge in [-0.25, -0.2) is 4.98 Å². The molecule has 38 heavy (non-hydrogen) atoms. The van der Waals surface area contributed by atoms with Crippen molar-refractivity contribution < 1.29 is 14.7 Å². The van der Waals surface area contributed by atoms with Crippen molar-refractivity contribution in [2.24, 2.45) is 0 Å². The summed E-state index contributed by atoms with van der Waals surface area (Å²) in [4.78, 5) is 33.1. The molecule has 0 radical (unpaired) electrons. The minimum absolute atomic E-state index is 0.0725. The molecule has 0 aliphatic carbocycles. The predicted octanol–water partition coefficient (Wildman–Crippen LogP) is 5.39. The number of anilines is 2. The SMILES string of the molecule is C=CC(=O)NCc1cc(-c2cncc(N[C@@H](C)c3cccc(NC(=O)c4ccc(C)cc4)c3)n2)ccc1O. The van der Waals surface area contributed by atoms with Gasteiger partial charge in [-0.1, -0.05) is 36.4 Å². The molecule has 4 aromatic rings. The monoisotopic (exact) mass is 507 g/mol. The lowest BCUT2D eigenvalue weighted by atomic mass is 10.1. The molecule has 0 unspecified atom stereocenters. The highest BCUT2D eigenvalue weighted by molar-refractivity contribution is 6.04. The van der Waals surface area contributed by atoms with Gasteiger partial charge in [-0.15, -0.1) is 0 Å². The van der Waals surface area contributed by atoms with Crippen molar-refractivity contribution in [1.29, 1.82) is 0 Å². The van der Waals surface area contributed by atoms with Crippen LogP contribution in [-0.4, -0.2) is 26.9 Å². The number of benzene rings is 3. The van der Waals surface area contributed by atoms with Crippen molar-refractivity contribution in [1.82, 2.24) is 15.3 Å². The second-order valence-corrected chi connectivity index (χ2v) is 8.87. The van der Waals surface area contributed by atoms with E-state index in [0.29, 0.717) is 28.3 Å². The number of carbonyl (C=O) groups is 2. The molecule has 0 fully saturated rings. The Morgan fingerprint density at radius 3 is 2.61 bits per heavy atom. The van der Waals surface area contributed by atoms with E-state index in [1.165, 1.54) is 6.08 Å². The van der Waals surface area contributed by atoms with Gasteiger partial charge >= 0.3 is 0 Å². The van der Waals surface area contributed by atoms with Crippen LogP contribution in [0.15, 0.2) is 91.8 Å². The standard InChI is InChI=1S/C30H29N5O3/c1-4-29(37)32-16-24-14-23(12-13-27(24)36)26-17-31-18-28(35-26)33-20(3)22-6-5-7-25(15-22)34-30(38)21-10-8-19(2)9-11-21/h4-15,17-18,20,36H,1,16H2,2-3H3,(H,32,37)(H,33,35)(H,34,38)/t20-/m0/s1. The Morgan fingerprint density at radius 1 is 1.05 bits per heavy atom. The Labute approximate surface area is 221 Å². The number of hydrogen-bond acceptors (Lipinski definition) is 6. The summed E-state index contributed by atoms with van der Waals surface area (Å²) in [6.45, 7) is 7.56. The van der Waals surface area contributed by atoms with Gasteiger partial charge in [0.2, 0.25) is 5.91 Å². The smallest absolute Gasteiger partial charge is 0.255 e. The van der Waals surface area contributed by atoms with E-state index >= 15 is 0 Å². The summed E-state index contributed by atoms with van der Waals surface area (Å²) in [5.74, 6) is 0.147. The predicted molar refractivity (Wildman–Crippen MR) is 149 cm³/mol. The summed E-state index contributed by atoms with van der Waals surface area (Å²) in [6, 6.07) is 20.0. The molecule has 0 spiro atoms. The van der Waals surface area contributed by atoms with E-state index in [1.54, 1.807) is 42.7 Å². The van der Waals surface area contributed by atoms with Crippen LogP contribution in [0.2, 0.25) is 0 Å². The number of aromatic nitrogens is 2. The zero-order valence-corrected chi connectivity index (χ0v) is 21.2. The minimum atomic E-state index is -0.325. The van der Waals surface area contributed by atoms with Crippen molar-refractivity contribution in [2.45, 2.75) is 26.4 Å². The molecule has 1 aromatic heterocycles. The first-order chi connectivity index (χ1) is 18.3. The number of nitrogens with one attached hydrogen (secondary N) is 3. The first kappa shape index (κ1) is 26.1. The Balaban J connectivity index is 1.46. The Kier molecular flexibility index (Phi) is 8.13. The lowest BCUT2D eigenvalue weighted by molar-refractivity contribution is -0.116. The average molecular weight is 508 g/mol. The summed E-state index contributed by atoms with van der Waals surface area (Å²) < 4.78 is 0. The molecule has 8 nitrogen and oxygen atoms in total. The largest absolute Gasteiger partial charge is 0.508 e. The maximum atomic E-state index is 12.6. The van der Waals surface area contributed by atoms with Gasteiger partial charge in [-0.3, -0.25) is 14.6 Å². The molecule has 2 amide bonds. The third kappa shape index (κ3) is 6.61. The van der Waals surface area contributed by atoms with Crippen LogP contribution >= 0.6 is 0 Å². The zero-order chi connectivity index (χ0) is 27.1. The fourth-order valence-corrected chi connectivity index (χ4v) is 3.81. The van der Waals surface area contributed by atoms with Crippen molar-refractivity contribution in [3.05, 3.63) is 114 Å². The van der Waals surface area contributed by atoms with E-state index in [1.807, 2.05) is 50.2 Å². The summed E-state index contributed by atoms with van der Waals surface area (Å²) in [5.41, 5.74) is 5.26. The van der Waals surface area contributed by atoms with Crippen LogP contribution in [0, 0.1) is 6.92 Å². The van der Waals surface area contributed by atoms with E-state index in [-0.39, 0.29) is 30.2 Å². The Bertz CT molecular complexity index is 1470. The highest BCUT2D eigenvalue weighted by atomic mass is 16.3. The number of nitrogens with zero attached hydrogens (tertiary/aromatic N) is 2. The first-order valence-electron chi connectivity index (χ1n) is 12.1. The van der Waals surface area contributed by atoms with Crippen LogP contribution in [0.4, 0.5) is 11.5 Å². The van der Waals surface area contributed by atoms with Gasteiger partial charge in [0.1, 0.15) is 11.6 Å². The summed E-state index contributed by atoms with van der Waals surface area (Å²) >= 11 is 0.